The van der Waals surface area contributed by atoms with Gasteiger partial charge in [-0.2, -0.15) is 0 Å². The van der Waals surface area contributed by atoms with Gasteiger partial charge >= 0.3 is 0 Å². The molecule has 86 valence electrons. The van der Waals surface area contributed by atoms with Crippen LogP contribution in [0.4, 0.5) is 0 Å². The van der Waals surface area contributed by atoms with Crippen molar-refractivity contribution < 1.29 is 4.79 Å². The lowest BCUT2D eigenvalue weighted by Crippen LogP contribution is -2.33. The second-order valence-electron chi connectivity index (χ2n) is 4.25. The number of likely N-dealkylation sites (N-methyl/N-ethyl adjacent to an activating group) is 1. The zero-order valence-corrected chi connectivity index (χ0v) is 9.68. The summed E-state index contributed by atoms with van der Waals surface area (Å²) in [6.07, 6.45) is 2.24. The first kappa shape index (κ1) is 11.1. The van der Waals surface area contributed by atoms with Crippen molar-refractivity contribution in [3.05, 3.63) is 29.6 Å². The molecule has 0 bridgehead atoms. The van der Waals surface area contributed by atoms with Gasteiger partial charge in [-0.05, 0) is 25.5 Å². The highest BCUT2D eigenvalue weighted by Gasteiger charge is 2.38. The van der Waals surface area contributed by atoms with E-state index < -0.39 is 0 Å². The number of carbonyl (C=O) groups excluding carboxylic acids is 1. The highest BCUT2D eigenvalue weighted by atomic mass is 16.2. The SMILES string of the molecule is CCN1C(=O)CC(N)C1c1ccc(C)cn1. The van der Waals surface area contributed by atoms with Crippen LogP contribution in [0.3, 0.4) is 0 Å². The lowest BCUT2D eigenvalue weighted by Gasteiger charge is -2.25. The Kier molecular flexibility index (Phi) is 2.92. The number of hydrogen-bond acceptors (Lipinski definition) is 3. The molecule has 4 nitrogen and oxygen atoms in total. The summed E-state index contributed by atoms with van der Waals surface area (Å²) in [5, 5.41) is 0. The predicted molar refractivity (Wildman–Crippen MR) is 61.7 cm³/mol. The molecular formula is C12H17N3O. The maximum absolute atomic E-state index is 11.7. The Bertz CT molecular complexity index is 388. The van der Waals surface area contributed by atoms with Crippen molar-refractivity contribution >= 4 is 5.91 Å². The summed E-state index contributed by atoms with van der Waals surface area (Å²) in [5.74, 6) is 0.127. The largest absolute Gasteiger partial charge is 0.333 e. The smallest absolute Gasteiger partial charge is 0.224 e. The summed E-state index contributed by atoms with van der Waals surface area (Å²) in [5.41, 5.74) is 8.01. The van der Waals surface area contributed by atoms with E-state index in [9.17, 15) is 4.79 Å². The summed E-state index contributed by atoms with van der Waals surface area (Å²) >= 11 is 0. The van der Waals surface area contributed by atoms with E-state index in [1.54, 1.807) is 0 Å². The third-order valence-electron chi connectivity index (χ3n) is 3.05. The van der Waals surface area contributed by atoms with Crippen molar-refractivity contribution in [3.8, 4) is 0 Å². The molecule has 0 spiro atoms. The van der Waals surface area contributed by atoms with E-state index in [0.717, 1.165) is 11.3 Å². The van der Waals surface area contributed by atoms with E-state index in [0.29, 0.717) is 13.0 Å². The molecule has 2 atom stereocenters. The Morgan fingerprint density at radius 1 is 1.56 bits per heavy atom. The number of aryl methyl sites for hydroxylation is 1. The minimum atomic E-state index is -0.136. The fourth-order valence-corrected chi connectivity index (χ4v) is 2.22. The van der Waals surface area contributed by atoms with Crippen LogP contribution in [0, 0.1) is 6.92 Å². The summed E-state index contributed by atoms with van der Waals surface area (Å²) in [4.78, 5) is 17.9. The van der Waals surface area contributed by atoms with Gasteiger partial charge in [-0.25, -0.2) is 0 Å². The first-order chi connectivity index (χ1) is 7.63. The number of carbonyl (C=O) groups is 1. The van der Waals surface area contributed by atoms with Crippen LogP contribution in [-0.4, -0.2) is 28.4 Å². The second-order valence-corrected chi connectivity index (χ2v) is 4.25. The minimum absolute atomic E-state index is 0.0573. The predicted octanol–water partition coefficient (Wildman–Crippen LogP) is 1.01. The molecule has 2 N–H and O–H groups in total. The number of amides is 1. The average Bonchev–Trinajstić information content (AvgIpc) is 2.54. The number of nitrogens with zero attached hydrogens (tertiary/aromatic N) is 2. The van der Waals surface area contributed by atoms with Gasteiger partial charge in [0, 0.05) is 25.2 Å². The van der Waals surface area contributed by atoms with Crippen molar-refractivity contribution in [2.75, 3.05) is 6.54 Å². The van der Waals surface area contributed by atoms with Crippen LogP contribution in [0.2, 0.25) is 0 Å². The first-order valence-electron chi connectivity index (χ1n) is 5.61. The van der Waals surface area contributed by atoms with E-state index in [1.165, 1.54) is 0 Å². The van der Waals surface area contributed by atoms with Crippen LogP contribution in [0.1, 0.15) is 30.6 Å². The third-order valence-corrected chi connectivity index (χ3v) is 3.05. The molecule has 2 heterocycles. The Morgan fingerprint density at radius 2 is 2.31 bits per heavy atom. The quantitative estimate of drug-likeness (QED) is 0.807. The topological polar surface area (TPSA) is 59.2 Å². The molecule has 4 heteroatoms. The van der Waals surface area contributed by atoms with Gasteiger partial charge in [-0.1, -0.05) is 6.07 Å². The third kappa shape index (κ3) is 1.80. The van der Waals surface area contributed by atoms with Gasteiger partial charge in [0.15, 0.2) is 0 Å². The molecule has 1 aliphatic heterocycles. The van der Waals surface area contributed by atoms with Crippen LogP contribution in [0.25, 0.3) is 0 Å². The molecule has 1 aromatic rings. The highest BCUT2D eigenvalue weighted by molar-refractivity contribution is 5.80. The molecule has 2 unspecified atom stereocenters. The number of rotatable bonds is 2. The van der Waals surface area contributed by atoms with Gasteiger partial charge in [0.05, 0.1) is 11.7 Å². The van der Waals surface area contributed by atoms with Crippen molar-refractivity contribution in [2.24, 2.45) is 5.73 Å². The molecule has 1 amide bonds. The van der Waals surface area contributed by atoms with Crippen molar-refractivity contribution in [1.29, 1.82) is 0 Å². The molecule has 1 fully saturated rings. The summed E-state index contributed by atoms with van der Waals surface area (Å²) in [6.45, 7) is 4.65. The number of hydrogen-bond donors (Lipinski definition) is 1. The van der Waals surface area contributed by atoms with E-state index in [2.05, 4.69) is 4.98 Å². The molecule has 0 saturated carbocycles. The molecule has 0 aliphatic carbocycles. The normalized spacial score (nSPS) is 25.2. The van der Waals surface area contributed by atoms with Gasteiger partial charge in [0.1, 0.15) is 0 Å². The van der Waals surface area contributed by atoms with Crippen LogP contribution < -0.4 is 5.73 Å². The van der Waals surface area contributed by atoms with Crippen molar-refractivity contribution in [3.63, 3.8) is 0 Å². The summed E-state index contributed by atoms with van der Waals surface area (Å²) < 4.78 is 0. The van der Waals surface area contributed by atoms with Crippen LogP contribution in [-0.2, 0) is 4.79 Å². The fraction of sp³-hybridized carbons (Fsp3) is 0.500. The molecule has 0 aromatic carbocycles. The molecule has 0 radical (unpaired) electrons. The monoisotopic (exact) mass is 219 g/mol. The Labute approximate surface area is 95.5 Å². The van der Waals surface area contributed by atoms with Crippen LogP contribution in [0.15, 0.2) is 18.3 Å². The highest BCUT2D eigenvalue weighted by Crippen LogP contribution is 2.30. The molecule has 1 aromatic heterocycles. The second kappa shape index (κ2) is 4.22. The fourth-order valence-electron chi connectivity index (χ4n) is 2.22. The van der Waals surface area contributed by atoms with Gasteiger partial charge < -0.3 is 10.6 Å². The summed E-state index contributed by atoms with van der Waals surface area (Å²) in [7, 11) is 0. The molecule has 2 rings (SSSR count). The molecule has 16 heavy (non-hydrogen) atoms. The molecular weight excluding hydrogens is 202 g/mol. The van der Waals surface area contributed by atoms with Crippen LogP contribution >= 0.6 is 0 Å². The molecule has 1 saturated heterocycles. The Hall–Kier alpha value is -1.42. The minimum Gasteiger partial charge on any atom is -0.333 e. The number of pyridine rings is 1. The van der Waals surface area contributed by atoms with Crippen LogP contribution in [0.5, 0.6) is 0 Å². The number of aromatic nitrogens is 1. The van der Waals surface area contributed by atoms with Gasteiger partial charge in [0.2, 0.25) is 5.91 Å². The maximum atomic E-state index is 11.7. The van der Waals surface area contributed by atoms with Crippen molar-refractivity contribution in [2.45, 2.75) is 32.4 Å². The van der Waals surface area contributed by atoms with E-state index >= 15 is 0 Å². The molecule has 1 aliphatic rings. The van der Waals surface area contributed by atoms with Gasteiger partial charge in [-0.3, -0.25) is 9.78 Å². The van der Waals surface area contributed by atoms with E-state index in [4.69, 9.17) is 5.73 Å². The van der Waals surface area contributed by atoms with Crippen molar-refractivity contribution in [1.82, 2.24) is 9.88 Å². The van der Waals surface area contributed by atoms with E-state index in [-0.39, 0.29) is 18.0 Å². The number of nitrogens with two attached hydrogens (primary N) is 1. The average molecular weight is 219 g/mol. The van der Waals surface area contributed by atoms with E-state index in [1.807, 2.05) is 37.1 Å². The zero-order valence-electron chi connectivity index (χ0n) is 9.68. The first-order valence-corrected chi connectivity index (χ1v) is 5.61. The maximum Gasteiger partial charge on any atom is 0.224 e. The number of likely N-dealkylation sites (tertiary alicyclic amines) is 1. The standard InChI is InChI=1S/C12H17N3O/c1-3-15-11(16)6-9(13)12(15)10-5-4-8(2)7-14-10/h4-5,7,9,12H,3,6,13H2,1-2H3. The lowest BCUT2D eigenvalue weighted by molar-refractivity contribution is -0.128. The lowest BCUT2D eigenvalue weighted by atomic mass is 10.1. The Morgan fingerprint density at radius 3 is 2.88 bits per heavy atom. The zero-order chi connectivity index (χ0) is 11.7. The van der Waals surface area contributed by atoms with Gasteiger partial charge in [0.25, 0.3) is 0 Å². The van der Waals surface area contributed by atoms with Gasteiger partial charge in [-0.15, -0.1) is 0 Å². The Balaban J connectivity index is 2.31. The summed E-state index contributed by atoms with van der Waals surface area (Å²) in [6, 6.07) is 3.77.